The summed E-state index contributed by atoms with van der Waals surface area (Å²) in [6.07, 6.45) is 0. The van der Waals surface area contributed by atoms with Crippen molar-refractivity contribution in [2.45, 2.75) is 32.6 Å². The van der Waals surface area contributed by atoms with Gasteiger partial charge >= 0.3 is 0 Å². The van der Waals surface area contributed by atoms with Crippen LogP contribution < -0.4 is 4.72 Å². The molecule has 0 bridgehead atoms. The highest BCUT2D eigenvalue weighted by Gasteiger charge is 2.18. The molecule has 0 atom stereocenters. The fourth-order valence-corrected chi connectivity index (χ4v) is 3.11. The number of aromatic nitrogens is 2. The Hall–Kier alpha value is -1.82. The molecule has 0 aliphatic carbocycles. The van der Waals surface area contributed by atoms with E-state index in [-0.39, 0.29) is 4.90 Å². The Balaban J connectivity index is 2.40. The molecule has 2 aromatic rings. The third kappa shape index (κ3) is 2.78. The first-order valence-electron chi connectivity index (χ1n) is 5.92. The molecule has 0 saturated carbocycles. The van der Waals surface area contributed by atoms with Crippen LogP contribution in [0, 0.1) is 27.7 Å². The molecule has 0 spiro atoms. The molecule has 5 nitrogen and oxygen atoms in total. The Labute approximate surface area is 113 Å². The van der Waals surface area contributed by atoms with Crippen molar-refractivity contribution in [1.82, 2.24) is 10.2 Å². The summed E-state index contributed by atoms with van der Waals surface area (Å²) in [5.74, 6) is 0.344. The van der Waals surface area contributed by atoms with Gasteiger partial charge in [-0.1, -0.05) is 6.07 Å². The smallest absolute Gasteiger partial charge is 0.263 e. The summed E-state index contributed by atoms with van der Waals surface area (Å²) in [4.78, 5) is 0.255. The quantitative estimate of drug-likeness (QED) is 0.906. The molecule has 6 heteroatoms. The van der Waals surface area contributed by atoms with E-state index in [1.54, 1.807) is 12.1 Å². The van der Waals surface area contributed by atoms with E-state index in [9.17, 15) is 8.42 Å². The molecule has 0 aliphatic heterocycles. The van der Waals surface area contributed by atoms with Crippen LogP contribution in [0.5, 0.6) is 0 Å². The van der Waals surface area contributed by atoms with E-state index in [2.05, 4.69) is 14.9 Å². The monoisotopic (exact) mass is 279 g/mol. The molecule has 0 aliphatic rings. The van der Waals surface area contributed by atoms with Crippen molar-refractivity contribution in [3.63, 3.8) is 0 Å². The lowest BCUT2D eigenvalue weighted by atomic mass is 10.2. The number of anilines is 1. The first-order valence-corrected chi connectivity index (χ1v) is 7.40. The number of hydrogen-bond donors (Lipinski definition) is 2. The van der Waals surface area contributed by atoms with Crippen molar-refractivity contribution >= 4 is 15.8 Å². The van der Waals surface area contributed by atoms with Crippen LogP contribution in [0.1, 0.15) is 22.4 Å². The molecule has 0 fully saturated rings. The molecule has 2 N–H and O–H groups in total. The number of benzene rings is 1. The van der Waals surface area contributed by atoms with Gasteiger partial charge in [-0.25, -0.2) is 8.42 Å². The third-order valence-corrected chi connectivity index (χ3v) is 4.31. The molecule has 102 valence electrons. The molecular weight excluding hydrogens is 262 g/mol. The fourth-order valence-electron chi connectivity index (χ4n) is 1.86. The first-order chi connectivity index (χ1) is 8.79. The van der Waals surface area contributed by atoms with Crippen LogP contribution in [0.2, 0.25) is 0 Å². The number of sulfonamides is 1. The molecular formula is C13H17N3O2S. The minimum atomic E-state index is -3.60. The van der Waals surface area contributed by atoms with Crippen molar-refractivity contribution in [1.29, 1.82) is 0 Å². The van der Waals surface area contributed by atoms with Gasteiger partial charge in [0, 0.05) is 11.3 Å². The van der Waals surface area contributed by atoms with Gasteiger partial charge in [-0.15, -0.1) is 0 Å². The maximum Gasteiger partial charge on any atom is 0.263 e. The van der Waals surface area contributed by atoms with E-state index in [1.807, 2.05) is 33.8 Å². The van der Waals surface area contributed by atoms with Crippen molar-refractivity contribution < 1.29 is 8.42 Å². The molecule has 1 aromatic heterocycles. The highest BCUT2D eigenvalue weighted by atomic mass is 32.2. The van der Waals surface area contributed by atoms with E-state index in [0.29, 0.717) is 5.82 Å². The molecule has 1 aromatic carbocycles. The van der Waals surface area contributed by atoms with Crippen LogP contribution in [0.15, 0.2) is 23.1 Å². The average molecular weight is 279 g/mol. The number of aryl methyl sites for hydroxylation is 3. The average Bonchev–Trinajstić information content (AvgIpc) is 2.59. The highest BCUT2D eigenvalue weighted by molar-refractivity contribution is 7.92. The zero-order chi connectivity index (χ0) is 14.2. The zero-order valence-electron chi connectivity index (χ0n) is 11.4. The van der Waals surface area contributed by atoms with Crippen LogP contribution in [0.4, 0.5) is 5.82 Å². The van der Waals surface area contributed by atoms with Gasteiger partial charge in [-0.05, 0) is 51.0 Å². The normalized spacial score (nSPS) is 11.6. The minimum absolute atomic E-state index is 0.255. The lowest BCUT2D eigenvalue weighted by Crippen LogP contribution is -2.14. The maximum absolute atomic E-state index is 12.3. The second-order valence-electron chi connectivity index (χ2n) is 4.75. The van der Waals surface area contributed by atoms with E-state index in [4.69, 9.17) is 0 Å². The molecule has 2 rings (SSSR count). The van der Waals surface area contributed by atoms with Crippen molar-refractivity contribution in [3.8, 4) is 0 Å². The number of nitrogens with zero attached hydrogens (tertiary/aromatic N) is 1. The molecule has 19 heavy (non-hydrogen) atoms. The Morgan fingerprint density at radius 3 is 2.11 bits per heavy atom. The Morgan fingerprint density at radius 2 is 1.63 bits per heavy atom. The van der Waals surface area contributed by atoms with Gasteiger partial charge in [-0.3, -0.25) is 9.82 Å². The van der Waals surface area contributed by atoms with Crippen LogP contribution in [0.25, 0.3) is 0 Å². The number of rotatable bonds is 3. The second-order valence-corrected chi connectivity index (χ2v) is 6.43. The lowest BCUT2D eigenvalue weighted by molar-refractivity contribution is 0.600. The van der Waals surface area contributed by atoms with Gasteiger partial charge in [0.1, 0.15) is 0 Å². The Bertz CT molecular complexity index is 697. The van der Waals surface area contributed by atoms with Gasteiger partial charge in [-0.2, -0.15) is 5.10 Å². The standard InChI is InChI=1S/C13H17N3O2S/c1-8-5-9(2)7-12(6-8)19(17,18)16-13-10(3)11(4)14-15-13/h5-7H,1-4H3,(H2,14,15,16). The van der Waals surface area contributed by atoms with Gasteiger partial charge in [0.2, 0.25) is 0 Å². The molecule has 0 amide bonds. The number of hydrogen-bond acceptors (Lipinski definition) is 3. The van der Waals surface area contributed by atoms with Crippen LogP contribution in [-0.4, -0.2) is 18.6 Å². The highest BCUT2D eigenvalue weighted by Crippen LogP contribution is 2.20. The topological polar surface area (TPSA) is 74.8 Å². The summed E-state index contributed by atoms with van der Waals surface area (Å²) in [5, 5.41) is 6.71. The summed E-state index contributed by atoms with van der Waals surface area (Å²) >= 11 is 0. The van der Waals surface area contributed by atoms with Gasteiger partial charge in [0.05, 0.1) is 4.90 Å². The van der Waals surface area contributed by atoms with E-state index in [0.717, 1.165) is 22.4 Å². The predicted octanol–water partition coefficient (Wildman–Crippen LogP) is 2.44. The SMILES string of the molecule is Cc1cc(C)cc(S(=O)(=O)Nc2n[nH]c(C)c2C)c1. The van der Waals surface area contributed by atoms with Crippen LogP contribution >= 0.6 is 0 Å². The Kier molecular flexibility index (Phi) is 3.36. The number of H-pyrrole nitrogens is 1. The lowest BCUT2D eigenvalue weighted by Gasteiger charge is -2.08. The van der Waals surface area contributed by atoms with E-state index in [1.165, 1.54) is 0 Å². The molecule has 0 radical (unpaired) electrons. The summed E-state index contributed by atoms with van der Waals surface area (Å²) in [5.41, 5.74) is 3.47. The number of nitrogens with one attached hydrogen (secondary N) is 2. The van der Waals surface area contributed by atoms with Gasteiger partial charge in [0.25, 0.3) is 10.0 Å². The van der Waals surface area contributed by atoms with Gasteiger partial charge < -0.3 is 0 Å². The van der Waals surface area contributed by atoms with Crippen molar-refractivity contribution in [3.05, 3.63) is 40.6 Å². The van der Waals surface area contributed by atoms with Crippen LogP contribution in [-0.2, 0) is 10.0 Å². The van der Waals surface area contributed by atoms with E-state index < -0.39 is 10.0 Å². The maximum atomic E-state index is 12.3. The van der Waals surface area contributed by atoms with Crippen molar-refractivity contribution in [2.24, 2.45) is 0 Å². The summed E-state index contributed by atoms with van der Waals surface area (Å²) in [7, 11) is -3.60. The first kappa shape index (κ1) is 13.6. The zero-order valence-corrected chi connectivity index (χ0v) is 12.2. The summed E-state index contributed by atoms with van der Waals surface area (Å²) < 4.78 is 27.1. The molecule has 1 heterocycles. The third-order valence-electron chi connectivity index (χ3n) is 2.99. The minimum Gasteiger partial charge on any atom is -0.280 e. The fraction of sp³-hybridized carbons (Fsp3) is 0.308. The van der Waals surface area contributed by atoms with E-state index >= 15 is 0 Å². The predicted molar refractivity (Wildman–Crippen MR) is 74.8 cm³/mol. The molecule has 0 saturated heterocycles. The number of aromatic amines is 1. The largest absolute Gasteiger partial charge is 0.280 e. The second kappa shape index (κ2) is 4.70. The van der Waals surface area contributed by atoms with Crippen molar-refractivity contribution in [2.75, 3.05) is 4.72 Å². The Morgan fingerprint density at radius 1 is 1.05 bits per heavy atom. The molecule has 0 unspecified atom stereocenters. The summed E-state index contributed by atoms with van der Waals surface area (Å²) in [6.45, 7) is 7.40. The van der Waals surface area contributed by atoms with Crippen LogP contribution in [0.3, 0.4) is 0 Å². The summed E-state index contributed by atoms with van der Waals surface area (Å²) in [6, 6.07) is 5.22. The van der Waals surface area contributed by atoms with Gasteiger partial charge in [0.15, 0.2) is 5.82 Å².